The van der Waals surface area contributed by atoms with Crippen LogP contribution in [0.1, 0.15) is 23.5 Å². The third-order valence-electron chi connectivity index (χ3n) is 4.55. The second-order valence-corrected chi connectivity index (χ2v) is 6.22. The van der Waals surface area contributed by atoms with Crippen molar-refractivity contribution in [3.63, 3.8) is 0 Å². The van der Waals surface area contributed by atoms with E-state index in [1.54, 1.807) is 0 Å². The predicted molar refractivity (Wildman–Crippen MR) is 93.1 cm³/mol. The minimum absolute atomic E-state index is 0.0261. The van der Waals surface area contributed by atoms with Gasteiger partial charge < -0.3 is 23.7 Å². The Morgan fingerprint density at radius 2 is 2.00 bits per heavy atom. The van der Waals surface area contributed by atoms with Gasteiger partial charge in [0.2, 0.25) is 0 Å². The van der Waals surface area contributed by atoms with Gasteiger partial charge in [-0.3, -0.25) is 4.79 Å². The van der Waals surface area contributed by atoms with Gasteiger partial charge in [0.25, 0.3) is 0 Å². The van der Waals surface area contributed by atoms with Crippen molar-refractivity contribution in [1.29, 1.82) is 0 Å². The van der Waals surface area contributed by atoms with E-state index in [4.69, 9.17) is 23.7 Å². The summed E-state index contributed by atoms with van der Waals surface area (Å²) in [6, 6.07) is 11.5. The number of esters is 1. The zero-order valence-corrected chi connectivity index (χ0v) is 14.5. The molecule has 0 amide bonds. The summed E-state index contributed by atoms with van der Waals surface area (Å²) >= 11 is 0. The highest BCUT2D eigenvalue weighted by Gasteiger charge is 2.27. The van der Waals surface area contributed by atoms with Crippen LogP contribution < -0.4 is 18.9 Å². The molecule has 0 aromatic heterocycles. The smallest absolute Gasteiger partial charge is 0.306 e. The highest BCUT2D eigenvalue weighted by Crippen LogP contribution is 2.39. The number of benzene rings is 2. The van der Waals surface area contributed by atoms with Crippen LogP contribution in [0, 0.1) is 0 Å². The molecule has 0 fully saturated rings. The molecule has 2 aliphatic heterocycles. The van der Waals surface area contributed by atoms with E-state index in [1.807, 2.05) is 36.4 Å². The van der Waals surface area contributed by atoms with Crippen molar-refractivity contribution in [2.75, 3.05) is 26.9 Å². The number of fused-ring (bicyclic) bond motifs is 2. The van der Waals surface area contributed by atoms with Crippen LogP contribution in [0.15, 0.2) is 36.4 Å². The standard InChI is InChI=1S/C20H20O6/c1-22-19(21)9-14-12-26-18-10-15(5-6-16(14)18)25-11-13-3-2-4-17-20(13)24-8-7-23-17/h2-6,10,14H,7-9,11-12H2,1H3. The van der Waals surface area contributed by atoms with E-state index >= 15 is 0 Å². The SMILES string of the molecule is COC(=O)CC1COc2cc(OCc3cccc4c3OCCO4)ccc21. The summed E-state index contributed by atoms with van der Waals surface area (Å²) in [6.45, 7) is 1.95. The lowest BCUT2D eigenvalue weighted by molar-refractivity contribution is -0.141. The lowest BCUT2D eigenvalue weighted by Gasteiger charge is -2.21. The number of ether oxygens (including phenoxy) is 5. The highest BCUT2D eigenvalue weighted by atomic mass is 16.6. The molecule has 0 spiro atoms. The number of hydrogen-bond donors (Lipinski definition) is 0. The number of hydrogen-bond acceptors (Lipinski definition) is 6. The minimum Gasteiger partial charge on any atom is -0.492 e. The second kappa shape index (κ2) is 7.15. The van der Waals surface area contributed by atoms with E-state index in [0.29, 0.717) is 38.6 Å². The van der Waals surface area contributed by atoms with Gasteiger partial charge in [-0.05, 0) is 12.1 Å². The third-order valence-corrected chi connectivity index (χ3v) is 4.55. The third kappa shape index (κ3) is 3.27. The van der Waals surface area contributed by atoms with Crippen LogP contribution in [0.2, 0.25) is 0 Å². The molecule has 2 aromatic carbocycles. The van der Waals surface area contributed by atoms with Gasteiger partial charge in [0.05, 0.1) is 20.1 Å². The number of methoxy groups -OCH3 is 1. The average molecular weight is 356 g/mol. The zero-order chi connectivity index (χ0) is 17.9. The number of rotatable bonds is 5. The van der Waals surface area contributed by atoms with E-state index < -0.39 is 0 Å². The van der Waals surface area contributed by atoms with Crippen LogP contribution >= 0.6 is 0 Å². The number of carbonyl (C=O) groups is 1. The fourth-order valence-corrected chi connectivity index (χ4v) is 3.21. The van der Waals surface area contributed by atoms with Gasteiger partial charge in [0.15, 0.2) is 11.5 Å². The normalized spacial score (nSPS) is 17.2. The summed E-state index contributed by atoms with van der Waals surface area (Å²) in [5.41, 5.74) is 1.95. The van der Waals surface area contributed by atoms with Gasteiger partial charge in [0.1, 0.15) is 31.3 Å². The van der Waals surface area contributed by atoms with Crippen LogP contribution in [0.3, 0.4) is 0 Å². The fraction of sp³-hybridized carbons (Fsp3) is 0.350. The minimum atomic E-state index is -0.233. The molecule has 2 heterocycles. The van der Waals surface area contributed by atoms with E-state index in [9.17, 15) is 4.79 Å². The molecule has 0 saturated carbocycles. The fourth-order valence-electron chi connectivity index (χ4n) is 3.21. The van der Waals surface area contributed by atoms with Crippen LogP contribution in [0.4, 0.5) is 0 Å². The molecule has 2 aromatic rings. The van der Waals surface area contributed by atoms with Crippen LogP contribution in [0.25, 0.3) is 0 Å². The van der Waals surface area contributed by atoms with Gasteiger partial charge in [0, 0.05) is 23.1 Å². The summed E-state index contributed by atoms with van der Waals surface area (Å²) in [4.78, 5) is 11.5. The topological polar surface area (TPSA) is 63.2 Å². The molecule has 136 valence electrons. The maximum atomic E-state index is 11.5. The predicted octanol–water partition coefficient (Wildman–Crippen LogP) is 3.08. The average Bonchev–Trinajstić information content (AvgIpc) is 3.08. The Labute approximate surface area is 151 Å². The monoisotopic (exact) mass is 356 g/mol. The van der Waals surface area contributed by atoms with Crippen molar-refractivity contribution in [1.82, 2.24) is 0 Å². The van der Waals surface area contributed by atoms with E-state index in [1.165, 1.54) is 7.11 Å². The quantitative estimate of drug-likeness (QED) is 0.767. The van der Waals surface area contributed by atoms with Crippen LogP contribution in [-0.4, -0.2) is 32.9 Å². The van der Waals surface area contributed by atoms with E-state index in [0.717, 1.165) is 28.4 Å². The van der Waals surface area contributed by atoms with Gasteiger partial charge in [-0.2, -0.15) is 0 Å². The Morgan fingerprint density at radius 3 is 2.88 bits per heavy atom. The first-order valence-electron chi connectivity index (χ1n) is 8.58. The zero-order valence-electron chi connectivity index (χ0n) is 14.5. The van der Waals surface area contributed by atoms with Gasteiger partial charge in [-0.1, -0.05) is 18.2 Å². The van der Waals surface area contributed by atoms with Crippen LogP contribution in [-0.2, 0) is 16.1 Å². The maximum absolute atomic E-state index is 11.5. The molecule has 6 nitrogen and oxygen atoms in total. The first-order chi connectivity index (χ1) is 12.7. The molecule has 26 heavy (non-hydrogen) atoms. The molecule has 2 aliphatic rings. The summed E-state index contributed by atoms with van der Waals surface area (Å²) < 4.78 is 27.7. The largest absolute Gasteiger partial charge is 0.492 e. The van der Waals surface area contributed by atoms with Gasteiger partial charge in [-0.15, -0.1) is 0 Å². The number of carbonyl (C=O) groups excluding carboxylic acids is 1. The van der Waals surface area contributed by atoms with Crippen molar-refractivity contribution < 1.29 is 28.5 Å². The molecule has 0 radical (unpaired) electrons. The molecule has 0 N–H and O–H groups in total. The Morgan fingerprint density at radius 1 is 1.12 bits per heavy atom. The lowest BCUT2D eigenvalue weighted by atomic mass is 9.98. The molecule has 0 aliphatic carbocycles. The summed E-state index contributed by atoms with van der Waals surface area (Å²) in [7, 11) is 1.40. The van der Waals surface area contributed by atoms with Crippen molar-refractivity contribution in [3.05, 3.63) is 47.5 Å². The molecule has 1 unspecified atom stereocenters. The number of para-hydroxylation sites is 1. The Balaban J connectivity index is 1.45. The maximum Gasteiger partial charge on any atom is 0.306 e. The second-order valence-electron chi connectivity index (χ2n) is 6.22. The van der Waals surface area contributed by atoms with Crippen molar-refractivity contribution in [2.24, 2.45) is 0 Å². The summed E-state index contributed by atoms with van der Waals surface area (Å²) in [5.74, 6) is 2.75. The van der Waals surface area contributed by atoms with E-state index in [-0.39, 0.29) is 11.9 Å². The van der Waals surface area contributed by atoms with E-state index in [2.05, 4.69) is 0 Å². The lowest BCUT2D eigenvalue weighted by Crippen LogP contribution is -2.17. The first kappa shape index (κ1) is 16.6. The summed E-state index contributed by atoms with van der Waals surface area (Å²) in [5, 5.41) is 0. The molecule has 0 saturated heterocycles. The van der Waals surface area contributed by atoms with Crippen LogP contribution in [0.5, 0.6) is 23.0 Å². The van der Waals surface area contributed by atoms with Crippen molar-refractivity contribution >= 4 is 5.97 Å². The Bertz CT molecular complexity index is 816. The molecular formula is C20H20O6. The van der Waals surface area contributed by atoms with Gasteiger partial charge in [-0.25, -0.2) is 0 Å². The molecule has 1 atom stereocenters. The van der Waals surface area contributed by atoms with Gasteiger partial charge >= 0.3 is 5.97 Å². The van der Waals surface area contributed by atoms with Crippen molar-refractivity contribution in [3.8, 4) is 23.0 Å². The Hall–Kier alpha value is -2.89. The van der Waals surface area contributed by atoms with Crippen molar-refractivity contribution in [2.45, 2.75) is 18.9 Å². The first-order valence-corrected chi connectivity index (χ1v) is 8.58. The highest BCUT2D eigenvalue weighted by molar-refractivity contribution is 5.71. The summed E-state index contributed by atoms with van der Waals surface area (Å²) in [6.07, 6.45) is 0.317. The molecule has 0 bridgehead atoms. The molecule has 6 heteroatoms. The Kier molecular flexibility index (Phi) is 4.56. The molecular weight excluding hydrogens is 336 g/mol. The molecule has 4 rings (SSSR count).